The summed E-state index contributed by atoms with van der Waals surface area (Å²) >= 11 is 0. The maximum atomic E-state index is 12.5. The Balaban J connectivity index is 0.00000196. The molecule has 1 aliphatic rings. The predicted octanol–water partition coefficient (Wildman–Crippen LogP) is 4.70. The third-order valence-corrected chi connectivity index (χ3v) is 5.50. The van der Waals surface area contributed by atoms with E-state index in [9.17, 15) is 4.79 Å². The molecule has 2 aromatic heterocycles. The lowest BCUT2D eigenvalue weighted by atomic mass is 9.79. The van der Waals surface area contributed by atoms with Gasteiger partial charge in [0, 0.05) is 24.2 Å². The van der Waals surface area contributed by atoms with Crippen LogP contribution in [0.15, 0.2) is 30.7 Å². The van der Waals surface area contributed by atoms with Gasteiger partial charge in [-0.2, -0.15) is 0 Å². The maximum Gasteiger partial charge on any atom is 0.242 e. The topological polar surface area (TPSA) is 80.9 Å². The van der Waals surface area contributed by atoms with Gasteiger partial charge in [0.15, 0.2) is 0 Å². The van der Waals surface area contributed by atoms with Crippen molar-refractivity contribution in [2.24, 2.45) is 17.6 Å². The standard InChI is InChI=1S/C21H28N4O.2ClH/c1-13-4-6-16(7-5-13)20(22)21(26)25-18-9-8-17(12-24-18)19-14(2)10-23-11-15(19)3;;/h8-13,16,20H,4-7,22H2,1-3H3,(H,24,25,26);2*1H/t13?,16?,20-;;/m0../s1. The molecule has 1 amide bonds. The molecule has 2 aromatic rings. The molecular formula is C21H30Cl2N4O. The van der Waals surface area contributed by atoms with Crippen molar-refractivity contribution in [1.29, 1.82) is 0 Å². The van der Waals surface area contributed by atoms with Crippen LogP contribution in [0, 0.1) is 25.7 Å². The Hall–Kier alpha value is -1.69. The Kier molecular flexibility index (Phi) is 9.34. The molecule has 1 saturated carbocycles. The molecule has 0 unspecified atom stereocenters. The monoisotopic (exact) mass is 424 g/mol. The molecule has 154 valence electrons. The number of amides is 1. The third-order valence-electron chi connectivity index (χ3n) is 5.50. The first kappa shape index (κ1) is 24.3. The summed E-state index contributed by atoms with van der Waals surface area (Å²) in [6.07, 6.45) is 9.86. The van der Waals surface area contributed by atoms with Crippen molar-refractivity contribution in [2.75, 3.05) is 5.32 Å². The number of hydrogen-bond donors (Lipinski definition) is 2. The number of carbonyl (C=O) groups is 1. The molecule has 1 aliphatic carbocycles. The quantitative estimate of drug-likeness (QED) is 0.744. The second-order valence-electron chi connectivity index (χ2n) is 7.62. The Labute approximate surface area is 179 Å². The number of rotatable bonds is 4. The fourth-order valence-electron chi connectivity index (χ4n) is 3.84. The lowest BCUT2D eigenvalue weighted by molar-refractivity contribution is -0.118. The number of nitrogens with zero attached hydrogens (tertiary/aromatic N) is 2. The van der Waals surface area contributed by atoms with E-state index in [0.29, 0.717) is 5.82 Å². The molecule has 0 spiro atoms. The van der Waals surface area contributed by atoms with Crippen LogP contribution in [0.4, 0.5) is 5.82 Å². The van der Waals surface area contributed by atoms with E-state index < -0.39 is 6.04 Å². The van der Waals surface area contributed by atoms with Crippen LogP contribution in [-0.4, -0.2) is 21.9 Å². The lowest BCUT2D eigenvalue weighted by Crippen LogP contribution is -2.43. The van der Waals surface area contributed by atoms with Gasteiger partial charge in [-0.3, -0.25) is 9.78 Å². The lowest BCUT2D eigenvalue weighted by Gasteiger charge is -2.29. The summed E-state index contributed by atoms with van der Waals surface area (Å²) < 4.78 is 0. The van der Waals surface area contributed by atoms with Crippen molar-refractivity contribution in [3.8, 4) is 11.1 Å². The Morgan fingerprint density at radius 1 is 1.07 bits per heavy atom. The zero-order valence-corrected chi connectivity index (χ0v) is 18.3. The number of aromatic nitrogens is 2. The summed E-state index contributed by atoms with van der Waals surface area (Å²) in [6, 6.07) is 3.35. The number of anilines is 1. The smallest absolute Gasteiger partial charge is 0.242 e. The molecular weight excluding hydrogens is 395 g/mol. The van der Waals surface area contributed by atoms with Gasteiger partial charge in [-0.15, -0.1) is 24.8 Å². The SMILES string of the molecule is Cc1cncc(C)c1-c1ccc(NC(=O)[C@@H](N)C2CCC(C)CC2)nc1.Cl.Cl. The molecule has 1 fully saturated rings. The molecule has 0 saturated heterocycles. The van der Waals surface area contributed by atoms with Crippen LogP contribution in [0.1, 0.15) is 43.7 Å². The second-order valence-corrected chi connectivity index (χ2v) is 7.62. The highest BCUT2D eigenvalue weighted by Gasteiger charge is 2.28. The van der Waals surface area contributed by atoms with Crippen molar-refractivity contribution in [1.82, 2.24) is 9.97 Å². The zero-order chi connectivity index (χ0) is 18.7. The van der Waals surface area contributed by atoms with Crippen LogP contribution in [0.3, 0.4) is 0 Å². The second kappa shape index (κ2) is 10.7. The van der Waals surface area contributed by atoms with Crippen molar-refractivity contribution in [2.45, 2.75) is 52.5 Å². The minimum atomic E-state index is -0.464. The fraction of sp³-hybridized carbons (Fsp3) is 0.476. The molecule has 3 rings (SSSR count). The van der Waals surface area contributed by atoms with E-state index in [2.05, 4.69) is 22.2 Å². The Morgan fingerprint density at radius 3 is 2.21 bits per heavy atom. The number of hydrogen-bond acceptors (Lipinski definition) is 4. The number of nitrogens with one attached hydrogen (secondary N) is 1. The summed E-state index contributed by atoms with van der Waals surface area (Å²) in [5.41, 5.74) is 10.6. The summed E-state index contributed by atoms with van der Waals surface area (Å²) in [6.45, 7) is 6.34. The van der Waals surface area contributed by atoms with E-state index in [1.807, 2.05) is 38.4 Å². The van der Waals surface area contributed by atoms with E-state index >= 15 is 0 Å². The molecule has 0 bridgehead atoms. The van der Waals surface area contributed by atoms with Crippen molar-refractivity contribution in [3.05, 3.63) is 41.9 Å². The molecule has 0 aromatic carbocycles. The molecule has 0 radical (unpaired) electrons. The average molecular weight is 425 g/mol. The van der Waals surface area contributed by atoms with Crippen molar-refractivity contribution < 1.29 is 4.79 Å². The number of nitrogens with two attached hydrogens (primary N) is 1. The highest BCUT2D eigenvalue weighted by atomic mass is 35.5. The number of halogens is 2. The number of pyridine rings is 2. The van der Waals surface area contributed by atoms with Gasteiger partial charge in [0.05, 0.1) is 6.04 Å². The molecule has 1 atom stereocenters. The van der Waals surface area contributed by atoms with E-state index in [0.717, 1.165) is 53.9 Å². The van der Waals surface area contributed by atoms with Gasteiger partial charge in [-0.05, 0) is 67.3 Å². The minimum absolute atomic E-state index is 0. The molecule has 5 nitrogen and oxygen atoms in total. The van der Waals surface area contributed by atoms with Gasteiger partial charge in [0.2, 0.25) is 5.91 Å². The van der Waals surface area contributed by atoms with Crippen LogP contribution in [-0.2, 0) is 4.79 Å². The van der Waals surface area contributed by atoms with Crippen LogP contribution >= 0.6 is 24.8 Å². The summed E-state index contributed by atoms with van der Waals surface area (Å²) in [5, 5.41) is 2.87. The maximum absolute atomic E-state index is 12.5. The van der Waals surface area contributed by atoms with Crippen LogP contribution in [0.2, 0.25) is 0 Å². The van der Waals surface area contributed by atoms with Gasteiger partial charge in [0.1, 0.15) is 5.82 Å². The van der Waals surface area contributed by atoms with Gasteiger partial charge >= 0.3 is 0 Å². The predicted molar refractivity (Wildman–Crippen MR) is 119 cm³/mol. The van der Waals surface area contributed by atoms with Gasteiger partial charge < -0.3 is 11.1 Å². The summed E-state index contributed by atoms with van der Waals surface area (Å²) in [7, 11) is 0. The Morgan fingerprint density at radius 2 is 1.68 bits per heavy atom. The molecule has 2 heterocycles. The van der Waals surface area contributed by atoms with Gasteiger partial charge in [-0.25, -0.2) is 4.98 Å². The highest BCUT2D eigenvalue weighted by molar-refractivity contribution is 5.94. The number of carbonyl (C=O) groups excluding carboxylic acids is 1. The molecule has 0 aliphatic heterocycles. The molecule has 7 heteroatoms. The first-order valence-corrected chi connectivity index (χ1v) is 9.39. The summed E-state index contributed by atoms with van der Waals surface area (Å²) in [4.78, 5) is 21.1. The van der Waals surface area contributed by atoms with Crippen molar-refractivity contribution in [3.63, 3.8) is 0 Å². The van der Waals surface area contributed by atoms with Gasteiger partial charge in [0.25, 0.3) is 0 Å². The third kappa shape index (κ3) is 5.66. The number of aryl methyl sites for hydroxylation is 2. The summed E-state index contributed by atoms with van der Waals surface area (Å²) in [5.74, 6) is 1.42. The fourth-order valence-corrected chi connectivity index (χ4v) is 3.84. The van der Waals surface area contributed by atoms with E-state index in [4.69, 9.17) is 5.73 Å². The minimum Gasteiger partial charge on any atom is -0.320 e. The van der Waals surface area contributed by atoms with E-state index in [-0.39, 0.29) is 36.6 Å². The Bertz CT molecular complexity index is 754. The average Bonchev–Trinajstić information content (AvgIpc) is 2.63. The van der Waals surface area contributed by atoms with Gasteiger partial charge in [-0.1, -0.05) is 19.8 Å². The largest absolute Gasteiger partial charge is 0.320 e. The van der Waals surface area contributed by atoms with E-state index in [1.165, 1.54) is 0 Å². The van der Waals surface area contributed by atoms with Crippen LogP contribution in [0.25, 0.3) is 11.1 Å². The highest BCUT2D eigenvalue weighted by Crippen LogP contribution is 2.30. The first-order chi connectivity index (χ1) is 12.5. The normalized spacial score (nSPS) is 19.7. The first-order valence-electron chi connectivity index (χ1n) is 9.39. The zero-order valence-electron chi connectivity index (χ0n) is 16.6. The molecule has 3 N–H and O–H groups in total. The van der Waals surface area contributed by atoms with Crippen LogP contribution in [0.5, 0.6) is 0 Å². The van der Waals surface area contributed by atoms with Crippen molar-refractivity contribution >= 4 is 36.5 Å². The van der Waals surface area contributed by atoms with Crippen LogP contribution < -0.4 is 11.1 Å². The molecule has 28 heavy (non-hydrogen) atoms. The van der Waals surface area contributed by atoms with E-state index in [1.54, 1.807) is 6.20 Å².